The summed E-state index contributed by atoms with van der Waals surface area (Å²) < 4.78 is 91.1. The highest BCUT2D eigenvalue weighted by Crippen LogP contribution is 2.44. The fourth-order valence-electron chi connectivity index (χ4n) is 5.08. The van der Waals surface area contributed by atoms with Gasteiger partial charge in [0.1, 0.15) is 18.0 Å². The van der Waals surface area contributed by atoms with Gasteiger partial charge >= 0.3 is 18.4 Å². The van der Waals surface area contributed by atoms with Crippen LogP contribution in [0.3, 0.4) is 0 Å². The van der Waals surface area contributed by atoms with Crippen molar-refractivity contribution in [2.75, 3.05) is 0 Å². The minimum Gasteiger partial charge on any atom is -0.484 e. The summed E-state index contributed by atoms with van der Waals surface area (Å²) >= 11 is 0. The number of nitrogens with zero attached hydrogens (tertiary/aromatic N) is 3. The molecule has 14 heteroatoms. The van der Waals surface area contributed by atoms with Gasteiger partial charge in [0, 0.05) is 17.8 Å². The second-order valence-corrected chi connectivity index (χ2v) is 9.94. The summed E-state index contributed by atoms with van der Waals surface area (Å²) in [5.41, 5.74) is -0.0740. The molecule has 1 N–H and O–H groups in total. The molecule has 2 aromatic heterocycles. The van der Waals surface area contributed by atoms with Crippen LogP contribution in [-0.2, 0) is 12.6 Å². The number of halogens is 5. The lowest BCUT2D eigenvalue weighted by Gasteiger charge is -2.26. The van der Waals surface area contributed by atoms with Gasteiger partial charge in [-0.15, -0.1) is 8.78 Å². The first-order valence-corrected chi connectivity index (χ1v) is 13.1. The standard InChI is InChI=1S/C29H22F5N3O6/c1-15(17-7-10-21-23(13-17)43-29(33,34)42-21)40-24-14-18(11-12-35-24)37-25-20(26(36-37)28(30,31)32)3-2-4-22(25)41-19-8-5-16(6-9-19)27(38)39/h5-15,22H,2-4H2,1H3,(H,38,39). The summed E-state index contributed by atoms with van der Waals surface area (Å²) in [5.74, 6) is -1.07. The maximum Gasteiger partial charge on any atom is 0.586 e. The first-order valence-electron chi connectivity index (χ1n) is 13.1. The van der Waals surface area contributed by atoms with Gasteiger partial charge in [-0.1, -0.05) is 6.07 Å². The van der Waals surface area contributed by atoms with E-state index in [0.717, 1.165) is 4.68 Å². The van der Waals surface area contributed by atoms with Gasteiger partial charge in [-0.2, -0.15) is 18.3 Å². The molecular weight excluding hydrogens is 581 g/mol. The van der Waals surface area contributed by atoms with E-state index in [1.165, 1.54) is 60.8 Å². The predicted molar refractivity (Wildman–Crippen MR) is 138 cm³/mol. The Morgan fingerprint density at radius 3 is 2.56 bits per heavy atom. The van der Waals surface area contributed by atoms with Gasteiger partial charge in [-0.3, -0.25) is 0 Å². The van der Waals surface area contributed by atoms with Crippen molar-refractivity contribution in [1.29, 1.82) is 0 Å². The van der Waals surface area contributed by atoms with Crippen molar-refractivity contribution in [2.24, 2.45) is 0 Å². The molecule has 224 valence electrons. The van der Waals surface area contributed by atoms with Gasteiger partial charge in [0.05, 0.1) is 16.9 Å². The van der Waals surface area contributed by atoms with E-state index in [-0.39, 0.29) is 46.3 Å². The third-order valence-corrected chi connectivity index (χ3v) is 7.02. The normalized spacial score (nSPS) is 17.7. The smallest absolute Gasteiger partial charge is 0.484 e. The molecule has 0 fully saturated rings. The maximum absolute atomic E-state index is 14.1. The zero-order valence-electron chi connectivity index (χ0n) is 22.3. The Kier molecular flexibility index (Phi) is 6.86. The van der Waals surface area contributed by atoms with Crippen molar-refractivity contribution in [2.45, 2.75) is 50.9 Å². The first kappa shape index (κ1) is 28.2. The van der Waals surface area contributed by atoms with E-state index in [1.807, 2.05) is 0 Å². The van der Waals surface area contributed by atoms with Crippen LogP contribution in [0.5, 0.6) is 23.1 Å². The van der Waals surface area contributed by atoms with Crippen molar-refractivity contribution >= 4 is 5.97 Å². The molecule has 0 radical (unpaired) electrons. The maximum atomic E-state index is 14.1. The molecule has 0 saturated heterocycles. The number of pyridine rings is 1. The Bertz CT molecular complexity index is 1690. The fraction of sp³-hybridized carbons (Fsp3) is 0.276. The van der Waals surface area contributed by atoms with Gasteiger partial charge in [-0.25, -0.2) is 14.5 Å². The molecule has 0 spiro atoms. The largest absolute Gasteiger partial charge is 0.586 e. The van der Waals surface area contributed by atoms with Crippen LogP contribution in [0.2, 0.25) is 0 Å². The molecular formula is C29H22F5N3O6. The summed E-state index contributed by atoms with van der Waals surface area (Å²) in [6.07, 6.45) is -7.73. The van der Waals surface area contributed by atoms with E-state index >= 15 is 0 Å². The summed E-state index contributed by atoms with van der Waals surface area (Å²) in [5, 5.41) is 13.1. The lowest BCUT2D eigenvalue weighted by molar-refractivity contribution is -0.286. The molecule has 0 saturated carbocycles. The number of alkyl halides is 5. The lowest BCUT2D eigenvalue weighted by atomic mass is 9.93. The van der Waals surface area contributed by atoms with E-state index in [1.54, 1.807) is 6.92 Å². The molecule has 2 unspecified atom stereocenters. The van der Waals surface area contributed by atoms with Crippen LogP contribution >= 0.6 is 0 Å². The molecule has 43 heavy (non-hydrogen) atoms. The number of rotatable bonds is 7. The monoisotopic (exact) mass is 603 g/mol. The minimum absolute atomic E-state index is 0.00992. The molecule has 1 aliphatic carbocycles. The third-order valence-electron chi connectivity index (χ3n) is 7.02. The quantitative estimate of drug-likeness (QED) is 0.228. The number of fused-ring (bicyclic) bond motifs is 2. The van der Waals surface area contributed by atoms with Crippen molar-refractivity contribution in [3.05, 3.63) is 88.9 Å². The minimum atomic E-state index is -4.72. The highest BCUT2D eigenvalue weighted by atomic mass is 19.4. The number of aromatic nitrogens is 3. The Labute approximate surface area is 240 Å². The number of carboxylic acids is 1. The zero-order chi connectivity index (χ0) is 30.5. The highest BCUT2D eigenvalue weighted by molar-refractivity contribution is 5.87. The van der Waals surface area contributed by atoms with Gasteiger partial charge < -0.3 is 24.1 Å². The second-order valence-electron chi connectivity index (χ2n) is 9.94. The Balaban J connectivity index is 1.31. The molecule has 2 aromatic carbocycles. The molecule has 1 aliphatic heterocycles. The number of hydrogen-bond acceptors (Lipinski definition) is 7. The second kappa shape index (κ2) is 10.4. The average Bonchev–Trinajstić information content (AvgIpc) is 3.50. The number of benzene rings is 2. The lowest BCUT2D eigenvalue weighted by Crippen LogP contribution is -2.25. The third kappa shape index (κ3) is 5.64. The van der Waals surface area contributed by atoms with E-state index < -0.39 is 36.3 Å². The van der Waals surface area contributed by atoms with E-state index in [4.69, 9.17) is 14.6 Å². The van der Waals surface area contributed by atoms with E-state index in [0.29, 0.717) is 24.2 Å². The van der Waals surface area contributed by atoms with Crippen LogP contribution in [0.25, 0.3) is 5.69 Å². The SMILES string of the molecule is CC(Oc1cc(-n2nc(C(F)(F)F)c3c2C(Oc2ccc(C(=O)O)cc2)CCC3)ccn1)c1ccc2c(c1)OC(F)(F)O2. The summed E-state index contributed by atoms with van der Waals surface area (Å²) in [4.78, 5) is 15.4. The van der Waals surface area contributed by atoms with Crippen LogP contribution in [0.1, 0.15) is 64.8 Å². The molecule has 0 amide bonds. The summed E-state index contributed by atoms with van der Waals surface area (Å²) in [6, 6.07) is 12.6. The average molecular weight is 604 g/mol. The van der Waals surface area contributed by atoms with Crippen molar-refractivity contribution < 1.29 is 50.8 Å². The number of ether oxygens (including phenoxy) is 4. The number of hydrogen-bond donors (Lipinski definition) is 1. The molecule has 0 bridgehead atoms. The fourth-order valence-corrected chi connectivity index (χ4v) is 5.08. The van der Waals surface area contributed by atoms with Crippen LogP contribution in [0, 0.1) is 0 Å². The van der Waals surface area contributed by atoms with Gasteiger partial charge in [0.15, 0.2) is 17.2 Å². The Morgan fingerprint density at radius 1 is 1.09 bits per heavy atom. The van der Waals surface area contributed by atoms with Gasteiger partial charge in [0.2, 0.25) is 5.88 Å². The molecule has 6 rings (SSSR count). The molecule has 3 heterocycles. The Hall–Kier alpha value is -4.88. The van der Waals surface area contributed by atoms with Crippen LogP contribution < -0.4 is 18.9 Å². The number of carboxylic acid groups (broad SMARTS) is 1. The van der Waals surface area contributed by atoms with Crippen molar-refractivity contribution in [1.82, 2.24) is 14.8 Å². The van der Waals surface area contributed by atoms with Gasteiger partial charge in [0.25, 0.3) is 0 Å². The van der Waals surface area contributed by atoms with Crippen LogP contribution in [0.15, 0.2) is 60.8 Å². The van der Waals surface area contributed by atoms with Gasteiger partial charge in [-0.05, 0) is 74.2 Å². The Morgan fingerprint density at radius 2 is 1.84 bits per heavy atom. The van der Waals surface area contributed by atoms with Crippen LogP contribution in [-0.4, -0.2) is 32.1 Å². The topological polar surface area (TPSA) is 105 Å². The first-order chi connectivity index (χ1) is 20.4. The summed E-state index contributed by atoms with van der Waals surface area (Å²) in [6.45, 7) is 1.64. The van der Waals surface area contributed by atoms with Crippen LogP contribution in [0.4, 0.5) is 22.0 Å². The zero-order valence-corrected chi connectivity index (χ0v) is 22.3. The number of aromatic carboxylic acids is 1. The van der Waals surface area contributed by atoms with E-state index in [2.05, 4.69) is 19.6 Å². The number of carbonyl (C=O) groups is 1. The molecule has 2 atom stereocenters. The van der Waals surface area contributed by atoms with E-state index in [9.17, 15) is 26.7 Å². The van der Waals surface area contributed by atoms with Crippen molar-refractivity contribution in [3.63, 3.8) is 0 Å². The predicted octanol–water partition coefficient (Wildman–Crippen LogP) is 6.90. The van der Waals surface area contributed by atoms with Crippen molar-refractivity contribution in [3.8, 4) is 28.8 Å². The highest BCUT2D eigenvalue weighted by Gasteiger charge is 2.44. The molecule has 9 nitrogen and oxygen atoms in total. The molecule has 2 aliphatic rings. The summed E-state index contributed by atoms with van der Waals surface area (Å²) in [7, 11) is 0. The molecule has 4 aromatic rings.